The van der Waals surface area contributed by atoms with E-state index < -0.39 is 10.0 Å². The molecule has 1 aromatic rings. The second-order valence-corrected chi connectivity index (χ2v) is 4.81. The van der Waals surface area contributed by atoms with Gasteiger partial charge in [0.15, 0.2) is 0 Å². The first-order chi connectivity index (χ1) is 7.60. The smallest absolute Gasteiger partial charge is 0.240 e. The molecule has 1 aromatic carbocycles. The molecule has 0 unspecified atom stereocenters. The normalized spacial score (nSPS) is 11.1. The highest BCUT2D eigenvalue weighted by Gasteiger charge is 2.11. The van der Waals surface area contributed by atoms with Gasteiger partial charge < -0.3 is 4.74 Å². The van der Waals surface area contributed by atoms with Crippen LogP contribution < -0.4 is 9.46 Å². The van der Waals surface area contributed by atoms with E-state index >= 15 is 0 Å². The first kappa shape index (κ1) is 12.7. The zero-order chi connectivity index (χ0) is 12.0. The Morgan fingerprint density at radius 3 is 2.50 bits per heavy atom. The van der Waals surface area contributed by atoms with Gasteiger partial charge in [-0.25, -0.2) is 13.1 Å². The van der Waals surface area contributed by atoms with Gasteiger partial charge in [-0.15, -0.1) is 6.58 Å². The van der Waals surface area contributed by atoms with Crippen molar-refractivity contribution in [3.63, 3.8) is 0 Å². The first-order valence-corrected chi connectivity index (χ1v) is 6.42. The number of nitrogens with one attached hydrogen (secondary N) is 1. The predicted octanol–water partition coefficient (Wildman–Crippen LogP) is 1.55. The largest absolute Gasteiger partial charge is 0.494 e. The van der Waals surface area contributed by atoms with Crippen LogP contribution in [0.3, 0.4) is 0 Å². The SMILES string of the molecule is C=CCNS(=O)(=O)c1ccc(OCC)cc1. The average Bonchev–Trinajstić information content (AvgIpc) is 2.28. The fourth-order valence-electron chi connectivity index (χ4n) is 1.13. The Bertz CT molecular complexity index is 437. The van der Waals surface area contributed by atoms with E-state index in [4.69, 9.17) is 4.74 Å². The Kier molecular flexibility index (Phi) is 4.52. The molecule has 0 radical (unpaired) electrons. The quantitative estimate of drug-likeness (QED) is 0.769. The molecule has 0 aliphatic carbocycles. The number of hydrogen-bond acceptors (Lipinski definition) is 3. The van der Waals surface area contributed by atoms with Crippen molar-refractivity contribution < 1.29 is 13.2 Å². The summed E-state index contributed by atoms with van der Waals surface area (Å²) in [5.41, 5.74) is 0. The van der Waals surface area contributed by atoms with E-state index in [1.54, 1.807) is 12.1 Å². The van der Waals surface area contributed by atoms with E-state index in [1.165, 1.54) is 18.2 Å². The fourth-order valence-corrected chi connectivity index (χ4v) is 2.13. The van der Waals surface area contributed by atoms with E-state index in [2.05, 4.69) is 11.3 Å². The molecule has 0 amide bonds. The van der Waals surface area contributed by atoms with Crippen molar-refractivity contribution in [1.29, 1.82) is 0 Å². The van der Waals surface area contributed by atoms with Crippen LogP contribution in [0.1, 0.15) is 6.92 Å². The van der Waals surface area contributed by atoms with Crippen molar-refractivity contribution >= 4 is 10.0 Å². The van der Waals surface area contributed by atoms with Crippen molar-refractivity contribution in [3.8, 4) is 5.75 Å². The number of benzene rings is 1. The van der Waals surface area contributed by atoms with E-state index in [0.717, 1.165) is 0 Å². The van der Waals surface area contributed by atoms with Crippen LogP contribution in [0.2, 0.25) is 0 Å². The summed E-state index contributed by atoms with van der Waals surface area (Å²) in [6.07, 6.45) is 1.49. The molecule has 0 aliphatic heterocycles. The molecule has 16 heavy (non-hydrogen) atoms. The van der Waals surface area contributed by atoms with Crippen LogP contribution >= 0.6 is 0 Å². The zero-order valence-electron chi connectivity index (χ0n) is 9.14. The Labute approximate surface area is 96.0 Å². The molecule has 0 fully saturated rings. The minimum Gasteiger partial charge on any atom is -0.494 e. The summed E-state index contributed by atoms with van der Waals surface area (Å²) in [4.78, 5) is 0.220. The van der Waals surface area contributed by atoms with Gasteiger partial charge in [-0.2, -0.15) is 0 Å². The molecule has 0 spiro atoms. The Balaban J connectivity index is 2.84. The summed E-state index contributed by atoms with van der Waals surface area (Å²) < 4.78 is 30.9. The monoisotopic (exact) mass is 241 g/mol. The Morgan fingerprint density at radius 2 is 2.00 bits per heavy atom. The minimum absolute atomic E-state index is 0.218. The molecular weight excluding hydrogens is 226 g/mol. The van der Waals surface area contributed by atoms with Gasteiger partial charge in [0, 0.05) is 6.54 Å². The van der Waals surface area contributed by atoms with Gasteiger partial charge in [0.1, 0.15) is 5.75 Å². The van der Waals surface area contributed by atoms with E-state index in [0.29, 0.717) is 12.4 Å². The molecule has 0 aromatic heterocycles. The van der Waals surface area contributed by atoms with Crippen LogP contribution in [-0.4, -0.2) is 21.6 Å². The Hall–Kier alpha value is -1.33. The van der Waals surface area contributed by atoms with Crippen molar-refractivity contribution in [3.05, 3.63) is 36.9 Å². The topological polar surface area (TPSA) is 55.4 Å². The molecular formula is C11H15NO3S. The molecule has 0 saturated carbocycles. The number of hydrogen-bond donors (Lipinski definition) is 1. The number of sulfonamides is 1. The molecule has 1 N–H and O–H groups in total. The van der Waals surface area contributed by atoms with Gasteiger partial charge in [0.05, 0.1) is 11.5 Å². The second kappa shape index (κ2) is 5.67. The van der Waals surface area contributed by atoms with Crippen molar-refractivity contribution in [2.75, 3.05) is 13.2 Å². The lowest BCUT2D eigenvalue weighted by atomic mass is 10.3. The van der Waals surface area contributed by atoms with Crippen LogP contribution in [0.4, 0.5) is 0 Å². The van der Waals surface area contributed by atoms with Crippen LogP contribution in [0.25, 0.3) is 0 Å². The zero-order valence-corrected chi connectivity index (χ0v) is 9.96. The standard InChI is InChI=1S/C11H15NO3S/c1-3-9-12-16(13,14)11-7-5-10(6-8-11)15-4-2/h3,5-8,12H,1,4,9H2,2H3. The third-order valence-corrected chi connectivity index (χ3v) is 3.30. The summed E-state index contributed by atoms with van der Waals surface area (Å²) >= 11 is 0. The molecule has 0 heterocycles. The molecule has 0 atom stereocenters. The van der Waals surface area contributed by atoms with Gasteiger partial charge >= 0.3 is 0 Å². The summed E-state index contributed by atoms with van der Waals surface area (Å²) in [5.74, 6) is 0.658. The molecule has 0 bridgehead atoms. The van der Waals surface area contributed by atoms with Crippen molar-refractivity contribution in [2.24, 2.45) is 0 Å². The second-order valence-electron chi connectivity index (χ2n) is 3.04. The van der Waals surface area contributed by atoms with E-state index in [9.17, 15) is 8.42 Å². The summed E-state index contributed by atoms with van der Waals surface area (Å²) in [5, 5.41) is 0. The lowest BCUT2D eigenvalue weighted by Crippen LogP contribution is -2.23. The number of rotatable bonds is 6. The van der Waals surface area contributed by atoms with Crippen molar-refractivity contribution in [1.82, 2.24) is 4.72 Å². The molecule has 0 aliphatic rings. The first-order valence-electron chi connectivity index (χ1n) is 4.93. The van der Waals surface area contributed by atoms with Crippen LogP contribution in [0, 0.1) is 0 Å². The highest BCUT2D eigenvalue weighted by atomic mass is 32.2. The van der Waals surface area contributed by atoms with E-state index in [1.807, 2.05) is 6.92 Å². The molecule has 4 nitrogen and oxygen atoms in total. The average molecular weight is 241 g/mol. The lowest BCUT2D eigenvalue weighted by Gasteiger charge is -2.06. The van der Waals surface area contributed by atoms with Gasteiger partial charge in [-0.05, 0) is 31.2 Å². The molecule has 1 rings (SSSR count). The number of ether oxygens (including phenoxy) is 1. The predicted molar refractivity (Wildman–Crippen MR) is 63.0 cm³/mol. The van der Waals surface area contributed by atoms with Crippen LogP contribution in [0.5, 0.6) is 5.75 Å². The third-order valence-electron chi connectivity index (χ3n) is 1.86. The van der Waals surface area contributed by atoms with Crippen molar-refractivity contribution in [2.45, 2.75) is 11.8 Å². The van der Waals surface area contributed by atoms with Gasteiger partial charge in [0.2, 0.25) is 10.0 Å². The Morgan fingerprint density at radius 1 is 1.38 bits per heavy atom. The molecule has 5 heteroatoms. The minimum atomic E-state index is -3.43. The maximum Gasteiger partial charge on any atom is 0.240 e. The van der Waals surface area contributed by atoms with Crippen LogP contribution in [-0.2, 0) is 10.0 Å². The summed E-state index contributed by atoms with van der Waals surface area (Å²) in [7, 11) is -3.43. The summed E-state index contributed by atoms with van der Waals surface area (Å²) in [6.45, 7) is 6.09. The maximum atomic E-state index is 11.7. The van der Waals surface area contributed by atoms with Gasteiger partial charge in [-0.1, -0.05) is 6.08 Å². The molecule has 88 valence electrons. The van der Waals surface area contributed by atoms with Crippen LogP contribution in [0.15, 0.2) is 41.8 Å². The summed E-state index contributed by atoms with van der Waals surface area (Å²) in [6, 6.07) is 6.28. The third kappa shape index (κ3) is 3.36. The fraction of sp³-hybridized carbons (Fsp3) is 0.273. The maximum absolute atomic E-state index is 11.7. The molecule has 0 saturated heterocycles. The highest BCUT2D eigenvalue weighted by Crippen LogP contribution is 2.15. The lowest BCUT2D eigenvalue weighted by molar-refractivity contribution is 0.340. The van der Waals surface area contributed by atoms with E-state index in [-0.39, 0.29) is 11.4 Å². The van der Waals surface area contributed by atoms with Gasteiger partial charge in [0.25, 0.3) is 0 Å². The van der Waals surface area contributed by atoms with Gasteiger partial charge in [-0.3, -0.25) is 0 Å². The highest BCUT2D eigenvalue weighted by molar-refractivity contribution is 7.89.